The molecule has 0 heterocycles. The molecule has 1 aromatic rings. The summed E-state index contributed by atoms with van der Waals surface area (Å²) in [5, 5.41) is 13.8. The second-order valence-corrected chi connectivity index (χ2v) is 6.61. The summed E-state index contributed by atoms with van der Waals surface area (Å²) in [6, 6.07) is 8.01. The summed E-state index contributed by atoms with van der Waals surface area (Å²) >= 11 is 0. The summed E-state index contributed by atoms with van der Waals surface area (Å²) in [7, 11) is 0. The van der Waals surface area contributed by atoms with Crippen LogP contribution < -0.4 is 10.6 Å². The van der Waals surface area contributed by atoms with E-state index >= 15 is 0 Å². The van der Waals surface area contributed by atoms with Crippen molar-refractivity contribution in [2.24, 2.45) is 5.41 Å². The molecule has 1 aromatic carbocycles. The summed E-state index contributed by atoms with van der Waals surface area (Å²) in [4.78, 5) is 21.8. The average Bonchev–Trinajstić information content (AvgIpc) is 2.52. The maximum Gasteiger partial charge on any atom is 0.225 e. The van der Waals surface area contributed by atoms with Crippen molar-refractivity contribution < 1.29 is 52.1 Å². The van der Waals surface area contributed by atoms with Gasteiger partial charge in [0.1, 0.15) is 0 Å². The molecule has 0 atom stereocenters. The first-order valence-corrected chi connectivity index (χ1v) is 8.29. The molecule has 0 bridgehead atoms. The van der Waals surface area contributed by atoms with Crippen molar-refractivity contribution in [3.05, 3.63) is 42.3 Å². The van der Waals surface area contributed by atoms with Gasteiger partial charge >= 0.3 is 0 Å². The molecule has 1 radical (unpaired) electrons. The van der Waals surface area contributed by atoms with Gasteiger partial charge in [0, 0.05) is 51.2 Å². The van der Waals surface area contributed by atoms with Crippen LogP contribution in [0.5, 0.6) is 0 Å². The number of ether oxygens (including phenoxy) is 1. The van der Waals surface area contributed by atoms with Crippen LogP contribution in [0, 0.1) is 19.3 Å². The molecule has 0 aliphatic carbocycles. The number of aryl methyl sites for hydroxylation is 1. The summed E-state index contributed by atoms with van der Waals surface area (Å²) in [6.45, 7) is 12.7. The van der Waals surface area contributed by atoms with Crippen molar-refractivity contribution >= 4 is 11.8 Å². The van der Waals surface area contributed by atoms with E-state index in [0.717, 1.165) is 5.56 Å². The number of aliphatic hydroxyl groups is 1. The van der Waals surface area contributed by atoms with Crippen LogP contribution in [0.15, 0.2) is 24.3 Å². The van der Waals surface area contributed by atoms with Gasteiger partial charge in [-0.05, 0) is 12.5 Å². The zero-order chi connectivity index (χ0) is 19.3. The minimum atomic E-state index is -0.350. The molecule has 0 spiro atoms. The fourth-order valence-corrected chi connectivity index (χ4v) is 1.69. The normalized spacial score (nSPS) is 10.0. The van der Waals surface area contributed by atoms with Gasteiger partial charge in [-0.2, -0.15) is 0 Å². The SMILES string of the molecule is CC(C)(C)C(=O)NCCOCCO.[CH2-]C(=O)NCc1cccc(C)c1.[Y]. The molecule has 0 saturated carbocycles. The van der Waals surface area contributed by atoms with Crippen molar-refractivity contribution in [2.45, 2.75) is 34.2 Å². The topological polar surface area (TPSA) is 87.7 Å². The molecule has 2 amide bonds. The number of hydrogen-bond donors (Lipinski definition) is 3. The minimum absolute atomic E-state index is 0. The quantitative estimate of drug-likeness (QED) is 0.444. The van der Waals surface area contributed by atoms with Crippen LogP contribution in [0.1, 0.15) is 31.9 Å². The number of nitrogens with one attached hydrogen (secondary N) is 2. The van der Waals surface area contributed by atoms with E-state index < -0.39 is 0 Å². The van der Waals surface area contributed by atoms with E-state index in [1.807, 2.05) is 52.0 Å². The van der Waals surface area contributed by atoms with Gasteiger partial charge in [0.05, 0.1) is 25.7 Å². The van der Waals surface area contributed by atoms with E-state index in [-0.39, 0.29) is 56.5 Å². The standard InChI is InChI=1S/C10H12NO.C9H19NO3.Y/c1-8-4-3-5-10(6-8)7-11-9(2)12;1-9(2,3)8(12)10-4-6-13-7-5-11;/h3-6H,2,7H2,1H3,(H,11,12);11H,4-7H2,1-3H3,(H,10,12);/q-1;;. The van der Waals surface area contributed by atoms with E-state index in [2.05, 4.69) is 17.6 Å². The van der Waals surface area contributed by atoms with E-state index in [4.69, 9.17) is 9.84 Å². The first-order chi connectivity index (χ1) is 11.7. The van der Waals surface area contributed by atoms with Crippen molar-refractivity contribution in [3.63, 3.8) is 0 Å². The van der Waals surface area contributed by atoms with Gasteiger partial charge in [0.2, 0.25) is 5.91 Å². The van der Waals surface area contributed by atoms with Gasteiger partial charge in [0.25, 0.3) is 0 Å². The minimum Gasteiger partial charge on any atom is -0.394 e. The second kappa shape index (κ2) is 15.1. The first kappa shape index (κ1) is 27.3. The number of aliphatic hydroxyl groups excluding tert-OH is 1. The fourth-order valence-electron chi connectivity index (χ4n) is 1.69. The Balaban J connectivity index is 0. The van der Waals surface area contributed by atoms with Crippen LogP contribution >= 0.6 is 0 Å². The molecule has 0 aliphatic rings. The smallest absolute Gasteiger partial charge is 0.225 e. The molecule has 6 nitrogen and oxygen atoms in total. The Kier molecular flexibility index (Phi) is 15.9. The van der Waals surface area contributed by atoms with Gasteiger partial charge < -0.3 is 32.2 Å². The Hall–Kier alpha value is -0.946. The summed E-state index contributed by atoms with van der Waals surface area (Å²) in [5.74, 6) is -0.225. The van der Waals surface area contributed by atoms with E-state index in [1.54, 1.807) is 0 Å². The van der Waals surface area contributed by atoms with Crippen LogP contribution in [-0.4, -0.2) is 43.3 Å². The third kappa shape index (κ3) is 15.3. The number of rotatable bonds is 7. The zero-order valence-electron chi connectivity index (χ0n) is 16.3. The Morgan fingerprint density at radius 1 is 1.19 bits per heavy atom. The van der Waals surface area contributed by atoms with Gasteiger partial charge in [-0.15, -0.1) is 0 Å². The molecular weight excluding hydrogens is 409 g/mol. The van der Waals surface area contributed by atoms with E-state index in [1.165, 1.54) is 5.56 Å². The maximum atomic E-state index is 11.3. The summed E-state index contributed by atoms with van der Waals surface area (Å²) in [6.07, 6.45) is 0. The van der Waals surface area contributed by atoms with Crippen molar-refractivity contribution in [1.82, 2.24) is 10.6 Å². The predicted molar refractivity (Wildman–Crippen MR) is 98.8 cm³/mol. The predicted octanol–water partition coefficient (Wildman–Crippen LogP) is 1.60. The van der Waals surface area contributed by atoms with Crippen molar-refractivity contribution in [2.75, 3.05) is 26.4 Å². The number of carbonyl (C=O) groups excluding carboxylic acids is 2. The van der Waals surface area contributed by atoms with Crippen LogP contribution in [0.2, 0.25) is 0 Å². The maximum absolute atomic E-state index is 11.3. The molecule has 1 rings (SSSR count). The van der Waals surface area contributed by atoms with Crippen molar-refractivity contribution in [3.8, 4) is 0 Å². The summed E-state index contributed by atoms with van der Waals surface area (Å²) < 4.78 is 4.98. The van der Waals surface area contributed by atoms with Crippen LogP contribution in [0.25, 0.3) is 0 Å². The molecule has 0 fully saturated rings. The second-order valence-electron chi connectivity index (χ2n) is 6.61. The molecular formula is C19H31N2O4Y-. The Morgan fingerprint density at radius 3 is 2.35 bits per heavy atom. The van der Waals surface area contributed by atoms with Crippen molar-refractivity contribution in [1.29, 1.82) is 0 Å². The summed E-state index contributed by atoms with van der Waals surface area (Å²) in [5.41, 5.74) is 1.95. The molecule has 145 valence electrons. The Morgan fingerprint density at radius 2 is 1.85 bits per heavy atom. The number of hydrogen-bond acceptors (Lipinski definition) is 4. The van der Waals surface area contributed by atoms with Gasteiger partial charge in [0.15, 0.2) is 0 Å². The number of benzene rings is 1. The van der Waals surface area contributed by atoms with Gasteiger partial charge in [-0.3, -0.25) is 4.79 Å². The largest absolute Gasteiger partial charge is 0.394 e. The number of amides is 2. The van der Waals surface area contributed by atoms with Gasteiger partial charge in [-0.25, -0.2) is 0 Å². The van der Waals surface area contributed by atoms with Crippen LogP contribution in [0.3, 0.4) is 0 Å². The molecule has 0 saturated heterocycles. The molecule has 3 N–H and O–H groups in total. The van der Waals surface area contributed by atoms with E-state index in [9.17, 15) is 9.59 Å². The molecule has 0 unspecified atom stereocenters. The fraction of sp³-hybridized carbons (Fsp3) is 0.526. The molecule has 7 heteroatoms. The monoisotopic (exact) mass is 440 g/mol. The molecule has 0 aromatic heterocycles. The van der Waals surface area contributed by atoms with E-state index in [0.29, 0.717) is 26.3 Å². The molecule has 0 aliphatic heterocycles. The first-order valence-electron chi connectivity index (χ1n) is 8.29. The zero-order valence-corrected chi connectivity index (χ0v) is 19.1. The average molecular weight is 440 g/mol. The Labute approximate surface area is 182 Å². The molecule has 26 heavy (non-hydrogen) atoms. The van der Waals surface area contributed by atoms with Gasteiger partial charge in [-0.1, -0.05) is 50.6 Å². The third-order valence-electron chi connectivity index (χ3n) is 3.02. The van der Waals surface area contributed by atoms with Crippen LogP contribution in [-0.2, 0) is 53.6 Å². The third-order valence-corrected chi connectivity index (χ3v) is 3.02. The van der Waals surface area contributed by atoms with Crippen LogP contribution in [0.4, 0.5) is 0 Å². The number of carbonyl (C=O) groups is 2. The Bertz CT molecular complexity index is 531.